The van der Waals surface area contributed by atoms with Crippen LogP contribution < -0.4 is 5.32 Å². The number of nitrogens with zero attached hydrogens (tertiary/aromatic N) is 1. The molecule has 0 aliphatic carbocycles. The molecular weight excluding hydrogens is 220 g/mol. The predicted molar refractivity (Wildman–Crippen MR) is 75.7 cm³/mol. The molecule has 1 unspecified atom stereocenters. The van der Waals surface area contributed by atoms with Crippen molar-refractivity contribution >= 4 is 0 Å². The van der Waals surface area contributed by atoms with Crippen molar-refractivity contribution in [1.82, 2.24) is 10.2 Å². The molecule has 3 rings (SSSR count). The molecule has 2 heterocycles. The highest BCUT2D eigenvalue weighted by Gasteiger charge is 2.22. The Balaban J connectivity index is 1.73. The summed E-state index contributed by atoms with van der Waals surface area (Å²) in [5.74, 6) is 0. The van der Waals surface area contributed by atoms with Crippen molar-refractivity contribution in [1.29, 1.82) is 0 Å². The van der Waals surface area contributed by atoms with Gasteiger partial charge in [0, 0.05) is 12.6 Å². The Hall–Kier alpha value is -0.860. The summed E-state index contributed by atoms with van der Waals surface area (Å²) < 4.78 is 0. The second kappa shape index (κ2) is 5.85. The monoisotopic (exact) mass is 244 g/mol. The average Bonchev–Trinajstić information content (AvgIpc) is 2.79. The Morgan fingerprint density at radius 1 is 1.00 bits per heavy atom. The van der Waals surface area contributed by atoms with Crippen LogP contribution in [0.25, 0.3) is 0 Å². The maximum absolute atomic E-state index is 3.52. The summed E-state index contributed by atoms with van der Waals surface area (Å²) in [6, 6.07) is 9.81. The van der Waals surface area contributed by atoms with E-state index < -0.39 is 0 Å². The molecule has 0 aromatic heterocycles. The van der Waals surface area contributed by atoms with Gasteiger partial charge in [0.25, 0.3) is 0 Å². The Morgan fingerprint density at radius 3 is 2.83 bits per heavy atom. The average molecular weight is 244 g/mol. The zero-order chi connectivity index (χ0) is 12.2. The fraction of sp³-hybridized carbons (Fsp3) is 0.625. The minimum atomic E-state index is 0.797. The molecule has 0 amide bonds. The van der Waals surface area contributed by atoms with Gasteiger partial charge in [0.1, 0.15) is 0 Å². The number of hydrogen-bond donors (Lipinski definition) is 1. The largest absolute Gasteiger partial charge is 0.317 e. The second-order valence-electron chi connectivity index (χ2n) is 5.68. The lowest BCUT2D eigenvalue weighted by Crippen LogP contribution is -2.35. The third-order valence-corrected chi connectivity index (χ3v) is 4.44. The number of fused-ring (bicyclic) bond motifs is 1. The Kier molecular flexibility index (Phi) is 3.96. The number of benzene rings is 1. The first-order valence-electron chi connectivity index (χ1n) is 7.45. The van der Waals surface area contributed by atoms with Gasteiger partial charge in [0.05, 0.1) is 0 Å². The molecule has 1 fully saturated rings. The highest BCUT2D eigenvalue weighted by atomic mass is 15.2. The van der Waals surface area contributed by atoms with Crippen LogP contribution >= 0.6 is 0 Å². The van der Waals surface area contributed by atoms with E-state index in [1.165, 1.54) is 58.3 Å². The van der Waals surface area contributed by atoms with Gasteiger partial charge in [-0.15, -0.1) is 0 Å². The van der Waals surface area contributed by atoms with E-state index in [2.05, 4.69) is 34.5 Å². The summed E-state index contributed by atoms with van der Waals surface area (Å²) in [5.41, 5.74) is 3.14. The quantitative estimate of drug-likeness (QED) is 0.817. The van der Waals surface area contributed by atoms with Crippen molar-refractivity contribution in [3.8, 4) is 0 Å². The van der Waals surface area contributed by atoms with Gasteiger partial charge in [-0.2, -0.15) is 0 Å². The molecular formula is C16H24N2. The molecule has 98 valence electrons. The van der Waals surface area contributed by atoms with Crippen LogP contribution in [-0.2, 0) is 13.0 Å². The maximum atomic E-state index is 3.52. The number of nitrogens with one attached hydrogen (secondary N) is 1. The van der Waals surface area contributed by atoms with Crippen molar-refractivity contribution in [2.24, 2.45) is 0 Å². The van der Waals surface area contributed by atoms with E-state index in [0.717, 1.165) is 6.04 Å². The lowest BCUT2D eigenvalue weighted by Gasteiger charge is -2.29. The lowest BCUT2D eigenvalue weighted by atomic mass is 10.0. The number of aryl methyl sites for hydroxylation is 1. The molecule has 2 aliphatic rings. The molecule has 1 atom stereocenters. The van der Waals surface area contributed by atoms with Gasteiger partial charge < -0.3 is 5.32 Å². The third-order valence-electron chi connectivity index (χ3n) is 4.44. The zero-order valence-electron chi connectivity index (χ0n) is 11.2. The van der Waals surface area contributed by atoms with Gasteiger partial charge in [-0.3, -0.25) is 4.90 Å². The van der Waals surface area contributed by atoms with E-state index in [0.29, 0.717) is 0 Å². The van der Waals surface area contributed by atoms with Crippen molar-refractivity contribution in [2.75, 3.05) is 19.6 Å². The molecule has 18 heavy (non-hydrogen) atoms. The first-order chi connectivity index (χ1) is 8.93. The van der Waals surface area contributed by atoms with Gasteiger partial charge in [0.2, 0.25) is 0 Å². The lowest BCUT2D eigenvalue weighted by molar-refractivity contribution is 0.176. The summed E-state index contributed by atoms with van der Waals surface area (Å²) >= 11 is 0. The van der Waals surface area contributed by atoms with Crippen LogP contribution in [0.1, 0.15) is 36.8 Å². The summed E-state index contributed by atoms with van der Waals surface area (Å²) in [5, 5.41) is 3.52. The number of rotatable bonds is 1. The summed E-state index contributed by atoms with van der Waals surface area (Å²) in [7, 11) is 0. The van der Waals surface area contributed by atoms with Crippen LogP contribution in [0.15, 0.2) is 24.3 Å². The second-order valence-corrected chi connectivity index (χ2v) is 5.68. The molecule has 0 radical (unpaired) electrons. The molecule has 1 saturated heterocycles. The summed E-state index contributed by atoms with van der Waals surface area (Å²) in [6.45, 7) is 4.85. The third kappa shape index (κ3) is 2.76. The molecule has 1 N–H and O–H groups in total. The standard InChI is InChI=1S/C16H24N2/c1-2-6-15-13-18(12-4-7-14(15)5-1)16-8-3-10-17-11-9-16/h1-2,5-6,16-17H,3-4,7-13H2. The highest BCUT2D eigenvalue weighted by Crippen LogP contribution is 2.23. The van der Waals surface area contributed by atoms with Gasteiger partial charge in [-0.1, -0.05) is 24.3 Å². The smallest absolute Gasteiger partial charge is 0.0239 e. The summed E-state index contributed by atoms with van der Waals surface area (Å²) in [6.07, 6.45) is 6.61. The maximum Gasteiger partial charge on any atom is 0.0239 e. The molecule has 0 spiro atoms. The Morgan fingerprint density at radius 2 is 1.89 bits per heavy atom. The fourth-order valence-corrected chi connectivity index (χ4v) is 3.40. The van der Waals surface area contributed by atoms with Crippen molar-refractivity contribution < 1.29 is 0 Å². The zero-order valence-corrected chi connectivity index (χ0v) is 11.2. The van der Waals surface area contributed by atoms with Crippen LogP contribution in [-0.4, -0.2) is 30.6 Å². The van der Waals surface area contributed by atoms with E-state index in [1.807, 2.05) is 0 Å². The van der Waals surface area contributed by atoms with Crippen molar-refractivity contribution in [2.45, 2.75) is 44.7 Å². The first kappa shape index (κ1) is 12.2. The minimum Gasteiger partial charge on any atom is -0.317 e. The SMILES string of the molecule is c1ccc2c(c1)CCCN(C1CCCNCC1)C2. The van der Waals surface area contributed by atoms with Crippen LogP contribution in [0.5, 0.6) is 0 Å². The molecule has 2 heteroatoms. The molecule has 1 aromatic rings. The molecule has 0 saturated carbocycles. The van der Waals surface area contributed by atoms with Gasteiger partial charge in [-0.25, -0.2) is 0 Å². The minimum absolute atomic E-state index is 0.797. The van der Waals surface area contributed by atoms with E-state index in [9.17, 15) is 0 Å². The van der Waals surface area contributed by atoms with E-state index in [4.69, 9.17) is 0 Å². The van der Waals surface area contributed by atoms with Crippen LogP contribution in [0.4, 0.5) is 0 Å². The van der Waals surface area contributed by atoms with Gasteiger partial charge in [-0.05, 0) is 62.9 Å². The molecule has 2 aliphatic heterocycles. The summed E-state index contributed by atoms with van der Waals surface area (Å²) in [4.78, 5) is 2.73. The van der Waals surface area contributed by atoms with Crippen molar-refractivity contribution in [3.63, 3.8) is 0 Å². The predicted octanol–water partition coefficient (Wildman–Crippen LogP) is 2.58. The van der Waals surface area contributed by atoms with Gasteiger partial charge >= 0.3 is 0 Å². The van der Waals surface area contributed by atoms with Crippen LogP contribution in [0, 0.1) is 0 Å². The van der Waals surface area contributed by atoms with E-state index in [-0.39, 0.29) is 0 Å². The van der Waals surface area contributed by atoms with E-state index in [1.54, 1.807) is 11.1 Å². The topological polar surface area (TPSA) is 15.3 Å². The Bertz CT molecular complexity index is 380. The molecule has 0 bridgehead atoms. The van der Waals surface area contributed by atoms with Crippen molar-refractivity contribution in [3.05, 3.63) is 35.4 Å². The Labute approximate surface area is 110 Å². The fourth-order valence-electron chi connectivity index (χ4n) is 3.40. The normalized spacial score (nSPS) is 26.1. The number of hydrogen-bond acceptors (Lipinski definition) is 2. The van der Waals surface area contributed by atoms with Crippen LogP contribution in [0.2, 0.25) is 0 Å². The molecule has 1 aromatic carbocycles. The van der Waals surface area contributed by atoms with Gasteiger partial charge in [0.15, 0.2) is 0 Å². The van der Waals surface area contributed by atoms with E-state index >= 15 is 0 Å². The highest BCUT2D eigenvalue weighted by molar-refractivity contribution is 5.28. The van der Waals surface area contributed by atoms with Crippen LogP contribution in [0.3, 0.4) is 0 Å². The first-order valence-corrected chi connectivity index (χ1v) is 7.45. The molecule has 2 nitrogen and oxygen atoms in total.